The predicted octanol–water partition coefficient (Wildman–Crippen LogP) is 8.93. The molecule has 5 aromatic rings. The van der Waals surface area contributed by atoms with Crippen LogP contribution in [0.15, 0.2) is 150 Å². The van der Waals surface area contributed by atoms with Crippen molar-refractivity contribution < 1.29 is 33.4 Å². The van der Waals surface area contributed by atoms with E-state index in [2.05, 4.69) is 26.6 Å². The molecule has 5 aromatic carbocycles. The van der Waals surface area contributed by atoms with Crippen LogP contribution in [-0.2, 0) is 28.7 Å². The Hall–Kier alpha value is -5.40. The van der Waals surface area contributed by atoms with Crippen molar-refractivity contribution in [2.75, 3.05) is 5.75 Å². The fourth-order valence-corrected chi connectivity index (χ4v) is 9.41. The topological polar surface area (TPSA) is 131 Å². The van der Waals surface area contributed by atoms with E-state index >= 15 is 0 Å². The number of carbonyl (C=O) groups excluding carboxylic acids is 5. The molecule has 3 amide bonds. The van der Waals surface area contributed by atoms with Gasteiger partial charge in [-0.25, -0.2) is 9.59 Å². The zero-order valence-electron chi connectivity index (χ0n) is 31.8. The summed E-state index contributed by atoms with van der Waals surface area (Å²) >= 11 is 17.3. The number of amides is 3. The summed E-state index contributed by atoms with van der Waals surface area (Å²) in [5.74, 6) is -2.54. The molecule has 2 N–H and O–H groups in total. The first kappa shape index (κ1) is 42.7. The number of fused-ring (bicyclic) bond motifs is 1. The number of nitrogens with one attached hydrogen (secondary N) is 2. The van der Waals surface area contributed by atoms with Gasteiger partial charge in [-0.2, -0.15) is 0 Å². The van der Waals surface area contributed by atoms with E-state index in [1.807, 2.05) is 121 Å². The zero-order chi connectivity index (χ0) is 42.2. The van der Waals surface area contributed by atoms with E-state index in [1.54, 1.807) is 0 Å². The second-order valence-corrected chi connectivity index (χ2v) is 16.9. The molecule has 7 rings (SSSR count). The molecule has 2 heterocycles. The number of benzene rings is 5. The van der Waals surface area contributed by atoms with Crippen molar-refractivity contribution in [3.05, 3.63) is 188 Å². The van der Waals surface area contributed by atoms with Gasteiger partial charge in [0.1, 0.15) is 23.2 Å². The summed E-state index contributed by atoms with van der Waals surface area (Å²) in [5.41, 5.74) is 3.20. The van der Waals surface area contributed by atoms with E-state index in [9.17, 15) is 24.0 Å². The van der Waals surface area contributed by atoms with Gasteiger partial charge in [-0.05, 0) is 53.3 Å². The Morgan fingerprint density at radius 2 is 1.27 bits per heavy atom. The first-order chi connectivity index (χ1) is 29.1. The van der Waals surface area contributed by atoms with Crippen molar-refractivity contribution in [2.45, 2.75) is 48.9 Å². The van der Waals surface area contributed by atoms with Crippen molar-refractivity contribution >= 4 is 80.6 Å². The van der Waals surface area contributed by atoms with Gasteiger partial charge in [0.2, 0.25) is 5.91 Å². The van der Waals surface area contributed by atoms with E-state index in [1.165, 1.54) is 34.9 Å². The Kier molecular flexibility index (Phi) is 14.1. The largest absolute Gasteiger partial charge is 0.451 e. The molecule has 0 bridgehead atoms. The third-order valence-corrected chi connectivity index (χ3v) is 12.8. The number of halogens is 3. The summed E-state index contributed by atoms with van der Waals surface area (Å²) in [6.45, 7) is 0. The minimum absolute atomic E-state index is 0.0259. The third-order valence-electron chi connectivity index (χ3n) is 9.96. The van der Waals surface area contributed by atoms with Crippen LogP contribution in [0.2, 0.25) is 10.0 Å². The third kappa shape index (κ3) is 9.96. The highest BCUT2D eigenvalue weighted by Gasteiger charge is 2.54. The highest BCUT2D eigenvalue weighted by molar-refractivity contribution is 9.11. The Morgan fingerprint density at radius 1 is 0.750 bits per heavy atom. The first-order valence-electron chi connectivity index (χ1n) is 19.1. The highest BCUT2D eigenvalue weighted by atomic mass is 79.9. The number of β-lactam (4-membered cyclic amide) rings is 1. The lowest BCUT2D eigenvalue weighted by Crippen LogP contribution is -2.70. The maximum absolute atomic E-state index is 14.0. The molecule has 0 spiro atoms. The van der Waals surface area contributed by atoms with Crippen molar-refractivity contribution in [2.24, 2.45) is 0 Å². The maximum atomic E-state index is 14.0. The molecule has 1 fully saturated rings. The van der Waals surface area contributed by atoms with Crippen LogP contribution in [0.5, 0.6) is 0 Å². The van der Waals surface area contributed by atoms with Crippen LogP contribution in [0.4, 0.5) is 0 Å². The van der Waals surface area contributed by atoms with Gasteiger partial charge in [-0.1, -0.05) is 160 Å². The molecule has 60 heavy (non-hydrogen) atoms. The van der Waals surface area contributed by atoms with Gasteiger partial charge in [0, 0.05) is 21.7 Å². The Bertz CT molecular complexity index is 2310. The van der Waals surface area contributed by atoms with Crippen LogP contribution in [0.25, 0.3) is 0 Å². The second kappa shape index (κ2) is 19.8. The van der Waals surface area contributed by atoms with Gasteiger partial charge in [0.15, 0.2) is 12.2 Å². The van der Waals surface area contributed by atoms with Crippen LogP contribution in [0, 0.1) is 0 Å². The summed E-state index contributed by atoms with van der Waals surface area (Å²) in [6, 6.07) is 39.5. The van der Waals surface area contributed by atoms with Crippen molar-refractivity contribution in [3.63, 3.8) is 0 Å². The smallest absolute Gasteiger partial charge is 0.356 e. The van der Waals surface area contributed by atoms with Gasteiger partial charge in [-0.3, -0.25) is 19.3 Å². The second-order valence-electron chi connectivity index (χ2n) is 14.0. The monoisotopic (exact) mass is 925 g/mol. The Morgan fingerprint density at radius 3 is 1.78 bits per heavy atom. The number of hydrogen-bond acceptors (Lipinski definition) is 8. The van der Waals surface area contributed by atoms with Crippen molar-refractivity contribution in [1.82, 2.24) is 15.5 Å². The van der Waals surface area contributed by atoms with E-state index in [4.69, 9.17) is 32.7 Å². The van der Waals surface area contributed by atoms with E-state index in [0.29, 0.717) is 15.3 Å². The van der Waals surface area contributed by atoms with E-state index in [-0.39, 0.29) is 35.5 Å². The van der Waals surface area contributed by atoms with Crippen LogP contribution in [0.1, 0.15) is 64.1 Å². The lowest BCUT2D eigenvalue weighted by atomic mass is 10.0. The molecular weight excluding hydrogens is 889 g/mol. The fourth-order valence-electron chi connectivity index (χ4n) is 6.97. The zero-order valence-corrected chi connectivity index (χ0v) is 35.8. The minimum atomic E-state index is -1.17. The molecule has 0 radical (unpaired) electrons. The summed E-state index contributed by atoms with van der Waals surface area (Å²) < 4.78 is 12.7. The Balaban J connectivity index is 1.01. The van der Waals surface area contributed by atoms with Crippen LogP contribution in [-0.4, -0.2) is 57.8 Å². The first-order valence-corrected chi connectivity index (χ1v) is 21.7. The molecule has 2 unspecified atom stereocenters. The molecule has 306 valence electrons. The lowest BCUT2D eigenvalue weighted by molar-refractivity contribution is -0.154. The van der Waals surface area contributed by atoms with Gasteiger partial charge in [0.05, 0.1) is 10.6 Å². The van der Waals surface area contributed by atoms with Crippen molar-refractivity contribution in [1.29, 1.82) is 0 Å². The number of ether oxygens (including phenoxy) is 2. The quantitative estimate of drug-likeness (QED) is 0.0787. The normalized spacial score (nSPS) is 16.4. The van der Waals surface area contributed by atoms with E-state index in [0.717, 1.165) is 22.3 Å². The number of nitrogens with zero attached hydrogens (tertiary/aromatic N) is 1. The number of carbonyl (C=O) groups is 5. The highest BCUT2D eigenvalue weighted by Crippen LogP contribution is 2.43. The molecule has 2 aliphatic heterocycles. The molecule has 10 nitrogen and oxygen atoms in total. The number of rotatable bonds is 15. The summed E-state index contributed by atoms with van der Waals surface area (Å²) in [4.78, 5) is 69.7. The van der Waals surface area contributed by atoms with Crippen LogP contribution < -0.4 is 10.6 Å². The van der Waals surface area contributed by atoms with Gasteiger partial charge in [0.25, 0.3) is 11.8 Å². The number of thioether (sulfide) groups is 1. The van der Waals surface area contributed by atoms with Crippen molar-refractivity contribution in [3.8, 4) is 0 Å². The molecule has 2 aliphatic rings. The summed E-state index contributed by atoms with van der Waals surface area (Å²) in [7, 11) is 0. The van der Waals surface area contributed by atoms with Gasteiger partial charge >= 0.3 is 11.9 Å². The maximum Gasteiger partial charge on any atom is 0.356 e. The molecule has 14 heteroatoms. The molecule has 0 saturated carbocycles. The number of esters is 2. The van der Waals surface area contributed by atoms with Crippen LogP contribution >= 0.6 is 50.9 Å². The van der Waals surface area contributed by atoms with Gasteiger partial charge in [-0.15, -0.1) is 11.8 Å². The SMILES string of the molecule is O=C(CCCC(NC(=O)c1ccc(Cl)cc1Cl)C(=O)OC(c1ccccc1)c1ccccc1)NC1C(=O)N2C(C(=O)OC(c3ccccc3)c3ccccc3)=C(Br)CS[C@H]12. The molecule has 1 saturated heterocycles. The average Bonchev–Trinajstić information content (AvgIpc) is 3.27. The summed E-state index contributed by atoms with van der Waals surface area (Å²) in [6.07, 6.45) is -1.40. The average molecular weight is 928 g/mol. The van der Waals surface area contributed by atoms with Gasteiger partial charge < -0.3 is 20.1 Å². The molecule has 3 atom stereocenters. The molecule has 0 aliphatic carbocycles. The summed E-state index contributed by atoms with van der Waals surface area (Å²) in [5, 5.41) is 5.46. The predicted molar refractivity (Wildman–Crippen MR) is 234 cm³/mol. The number of hydrogen-bond donors (Lipinski definition) is 2. The Labute approximate surface area is 369 Å². The standard InChI is InChI=1S/C46H38BrCl2N3O7S/c47-34-27-60-44-38(43(55)52(44)39(34)46(57)59-41(30-18-9-3-10-19-30)31-20-11-4-12-21-31)51-37(53)23-13-22-36(50-42(54)33-25-24-32(48)26-35(33)49)45(56)58-40(28-14-5-1-6-15-28)29-16-7-2-8-17-29/h1-12,14-21,24-26,36,38,40-41,44H,13,22-23,27H2,(H,50,54)(H,51,53)/t36?,38?,44-/m1/s1. The van der Waals surface area contributed by atoms with Crippen LogP contribution in [0.3, 0.4) is 0 Å². The minimum Gasteiger partial charge on any atom is -0.451 e. The fraction of sp³-hybridized carbons (Fsp3) is 0.196. The molecule has 0 aromatic heterocycles. The van der Waals surface area contributed by atoms with E-state index < -0.39 is 59.3 Å². The lowest BCUT2D eigenvalue weighted by Gasteiger charge is -2.49. The molecular formula is C46H38BrCl2N3O7S.